The number of nitrogen functional groups attached to an aromatic ring is 2. The fourth-order valence-electron chi connectivity index (χ4n) is 3.01. The van der Waals surface area contributed by atoms with Gasteiger partial charge in [0.25, 0.3) is 0 Å². The van der Waals surface area contributed by atoms with Crippen molar-refractivity contribution in [1.82, 2.24) is 20.2 Å². The van der Waals surface area contributed by atoms with Gasteiger partial charge >= 0.3 is 0 Å². The second-order valence-electron chi connectivity index (χ2n) is 6.50. The predicted octanol–water partition coefficient (Wildman–Crippen LogP) is 2.86. The highest BCUT2D eigenvalue weighted by molar-refractivity contribution is 5.91. The van der Waals surface area contributed by atoms with Gasteiger partial charge in [0.05, 0.1) is 11.2 Å². The summed E-state index contributed by atoms with van der Waals surface area (Å²) in [6, 6.07) is 18.0. The second-order valence-corrected chi connectivity index (χ2v) is 6.50. The summed E-state index contributed by atoms with van der Waals surface area (Å²) in [6.45, 7) is 0.795. The molecule has 0 aliphatic carbocycles. The number of rotatable bonds is 5. The number of anilines is 3. The van der Waals surface area contributed by atoms with E-state index in [-0.39, 0.29) is 0 Å². The maximum absolute atomic E-state index is 6.04. The monoisotopic (exact) mass is 359 g/mol. The van der Waals surface area contributed by atoms with Crippen LogP contribution in [0.5, 0.6) is 0 Å². The van der Waals surface area contributed by atoms with Gasteiger partial charge in [-0.05, 0) is 24.1 Å². The lowest BCUT2D eigenvalue weighted by atomic mass is 10.1. The van der Waals surface area contributed by atoms with Crippen LogP contribution < -0.4 is 16.4 Å². The first-order chi connectivity index (χ1) is 13.1. The summed E-state index contributed by atoms with van der Waals surface area (Å²) in [4.78, 5) is 11.1. The molecule has 0 saturated heterocycles. The topological polar surface area (TPSA) is 110 Å². The summed E-state index contributed by atoms with van der Waals surface area (Å²) in [7, 11) is 1.97. The van der Waals surface area contributed by atoms with Gasteiger partial charge in [-0.25, -0.2) is 4.98 Å². The molecule has 2 heterocycles. The van der Waals surface area contributed by atoms with Gasteiger partial charge in [-0.3, -0.25) is 5.10 Å². The summed E-state index contributed by atoms with van der Waals surface area (Å²) < 4.78 is 0. The Morgan fingerprint density at radius 2 is 1.81 bits per heavy atom. The molecule has 0 amide bonds. The first kappa shape index (κ1) is 16.8. The highest BCUT2D eigenvalue weighted by atomic mass is 15.2. The Kier molecular flexibility index (Phi) is 4.33. The molecule has 0 bridgehead atoms. The SMILES string of the molecule is CN(CCc1ccccc1)c1nc(N)cc(-c2ccc3c(N)n[nH]c3c2)n1. The van der Waals surface area contributed by atoms with Crippen LogP contribution in [0.25, 0.3) is 22.2 Å². The molecule has 0 saturated carbocycles. The van der Waals surface area contributed by atoms with E-state index < -0.39 is 0 Å². The largest absolute Gasteiger partial charge is 0.384 e. The maximum Gasteiger partial charge on any atom is 0.227 e. The Hall–Kier alpha value is -3.61. The standard InChI is InChI=1S/C20H21N7/c1-27(10-9-13-5-3-2-4-6-13)20-23-16(12-18(21)24-20)14-7-8-15-17(11-14)25-26-19(15)22/h2-8,11-12H,9-10H2,1H3,(H2,21,23,24)(H3,22,25,26). The maximum atomic E-state index is 6.04. The van der Waals surface area contributed by atoms with Crippen LogP contribution in [0.2, 0.25) is 0 Å². The first-order valence-electron chi connectivity index (χ1n) is 8.74. The Morgan fingerprint density at radius 1 is 1.00 bits per heavy atom. The van der Waals surface area contributed by atoms with Crippen molar-refractivity contribution in [2.75, 3.05) is 30.0 Å². The third-order valence-corrected chi connectivity index (χ3v) is 4.54. The number of fused-ring (bicyclic) bond motifs is 1. The molecule has 136 valence electrons. The van der Waals surface area contributed by atoms with Crippen molar-refractivity contribution in [2.24, 2.45) is 0 Å². The van der Waals surface area contributed by atoms with Crippen LogP contribution in [0.15, 0.2) is 54.6 Å². The molecule has 0 aliphatic heterocycles. The molecule has 4 rings (SSSR count). The van der Waals surface area contributed by atoms with Crippen molar-refractivity contribution in [3.63, 3.8) is 0 Å². The fourth-order valence-corrected chi connectivity index (χ4v) is 3.01. The highest BCUT2D eigenvalue weighted by Gasteiger charge is 2.11. The predicted molar refractivity (Wildman–Crippen MR) is 109 cm³/mol. The average molecular weight is 359 g/mol. The lowest BCUT2D eigenvalue weighted by Crippen LogP contribution is -2.23. The number of aromatic nitrogens is 4. The zero-order chi connectivity index (χ0) is 18.8. The quantitative estimate of drug-likeness (QED) is 0.505. The van der Waals surface area contributed by atoms with Crippen molar-refractivity contribution in [2.45, 2.75) is 6.42 Å². The minimum absolute atomic E-state index is 0.436. The summed E-state index contributed by atoms with van der Waals surface area (Å²) in [5, 5.41) is 7.85. The number of benzene rings is 2. The smallest absolute Gasteiger partial charge is 0.227 e. The number of hydrogen-bond acceptors (Lipinski definition) is 6. The molecule has 7 nitrogen and oxygen atoms in total. The average Bonchev–Trinajstić information content (AvgIpc) is 3.07. The minimum atomic E-state index is 0.436. The van der Waals surface area contributed by atoms with Crippen molar-refractivity contribution in [3.8, 4) is 11.3 Å². The molecular formula is C20H21N7. The van der Waals surface area contributed by atoms with Crippen molar-refractivity contribution >= 4 is 28.5 Å². The summed E-state index contributed by atoms with van der Waals surface area (Å²) >= 11 is 0. The number of hydrogen-bond donors (Lipinski definition) is 3. The zero-order valence-electron chi connectivity index (χ0n) is 15.1. The Labute approximate surface area is 157 Å². The van der Waals surface area contributed by atoms with E-state index in [0.29, 0.717) is 17.6 Å². The van der Waals surface area contributed by atoms with Crippen LogP contribution in [0.4, 0.5) is 17.6 Å². The molecule has 0 radical (unpaired) electrons. The van der Waals surface area contributed by atoms with Crippen molar-refractivity contribution in [3.05, 3.63) is 60.2 Å². The van der Waals surface area contributed by atoms with E-state index in [4.69, 9.17) is 16.5 Å². The van der Waals surface area contributed by atoms with Crippen LogP contribution in [0, 0.1) is 0 Å². The number of nitrogens with two attached hydrogens (primary N) is 2. The zero-order valence-corrected chi connectivity index (χ0v) is 15.1. The number of nitrogens with zero attached hydrogens (tertiary/aromatic N) is 4. The van der Waals surface area contributed by atoms with Gasteiger partial charge in [-0.2, -0.15) is 10.1 Å². The van der Waals surface area contributed by atoms with E-state index in [2.05, 4.69) is 27.3 Å². The van der Waals surface area contributed by atoms with E-state index >= 15 is 0 Å². The Morgan fingerprint density at radius 3 is 2.63 bits per heavy atom. The molecule has 5 N–H and O–H groups in total. The Balaban J connectivity index is 1.60. The molecule has 2 aromatic heterocycles. The molecule has 4 aromatic rings. The van der Waals surface area contributed by atoms with Crippen LogP contribution in [-0.2, 0) is 6.42 Å². The number of nitrogens with one attached hydrogen (secondary N) is 1. The van der Waals surface area contributed by atoms with Gasteiger partial charge in [0.2, 0.25) is 5.95 Å². The van der Waals surface area contributed by atoms with Gasteiger partial charge in [0.15, 0.2) is 5.82 Å². The van der Waals surface area contributed by atoms with Gasteiger partial charge in [-0.15, -0.1) is 0 Å². The lowest BCUT2D eigenvalue weighted by molar-refractivity contribution is 0.840. The number of H-pyrrole nitrogens is 1. The van der Waals surface area contributed by atoms with Crippen molar-refractivity contribution in [1.29, 1.82) is 0 Å². The second kappa shape index (κ2) is 6.95. The molecule has 0 aliphatic rings. The first-order valence-corrected chi connectivity index (χ1v) is 8.74. The van der Waals surface area contributed by atoms with Gasteiger partial charge < -0.3 is 16.4 Å². The highest BCUT2D eigenvalue weighted by Crippen LogP contribution is 2.26. The van der Waals surface area contributed by atoms with E-state index in [9.17, 15) is 0 Å². The normalized spacial score (nSPS) is 11.0. The third-order valence-electron chi connectivity index (χ3n) is 4.54. The van der Waals surface area contributed by atoms with Crippen LogP contribution >= 0.6 is 0 Å². The molecule has 0 unspecified atom stereocenters. The van der Waals surface area contributed by atoms with Gasteiger partial charge in [-0.1, -0.05) is 36.4 Å². The lowest BCUT2D eigenvalue weighted by Gasteiger charge is -2.18. The van der Waals surface area contributed by atoms with Crippen LogP contribution in [0.3, 0.4) is 0 Å². The van der Waals surface area contributed by atoms with E-state index in [1.807, 2.05) is 48.3 Å². The molecular weight excluding hydrogens is 338 g/mol. The van der Waals surface area contributed by atoms with E-state index in [1.54, 1.807) is 6.07 Å². The number of aromatic amines is 1. The molecule has 0 fully saturated rings. The minimum Gasteiger partial charge on any atom is -0.384 e. The van der Waals surface area contributed by atoms with Gasteiger partial charge in [0, 0.05) is 30.6 Å². The third kappa shape index (κ3) is 3.52. The van der Waals surface area contributed by atoms with Crippen LogP contribution in [-0.4, -0.2) is 33.8 Å². The fraction of sp³-hybridized carbons (Fsp3) is 0.150. The molecule has 0 atom stereocenters. The van der Waals surface area contributed by atoms with E-state index in [0.717, 1.165) is 35.1 Å². The van der Waals surface area contributed by atoms with Crippen LogP contribution in [0.1, 0.15) is 5.56 Å². The molecule has 0 spiro atoms. The van der Waals surface area contributed by atoms with Crippen molar-refractivity contribution < 1.29 is 0 Å². The van der Waals surface area contributed by atoms with Gasteiger partial charge in [0.1, 0.15) is 5.82 Å². The molecule has 7 heteroatoms. The summed E-state index contributed by atoms with van der Waals surface area (Å²) in [6.07, 6.45) is 0.907. The molecule has 27 heavy (non-hydrogen) atoms. The summed E-state index contributed by atoms with van der Waals surface area (Å²) in [5.41, 5.74) is 15.7. The number of likely N-dealkylation sites (N-methyl/N-ethyl adjacent to an activating group) is 1. The Bertz CT molecular complexity index is 1070. The van der Waals surface area contributed by atoms with E-state index in [1.165, 1.54) is 5.56 Å². The summed E-state index contributed by atoms with van der Waals surface area (Å²) in [5.74, 6) is 1.52. The molecule has 2 aromatic carbocycles.